The van der Waals surface area contributed by atoms with Gasteiger partial charge < -0.3 is 10.2 Å². The molecule has 1 unspecified atom stereocenters. The Balaban J connectivity index is 2.08. The highest BCUT2D eigenvalue weighted by atomic mass is 35.5. The van der Waals surface area contributed by atoms with Crippen LogP contribution in [0.25, 0.3) is 0 Å². The molecule has 3 aromatic carbocycles. The molecule has 10 heteroatoms. The van der Waals surface area contributed by atoms with Gasteiger partial charge in [-0.2, -0.15) is 0 Å². The fourth-order valence-electron chi connectivity index (χ4n) is 4.33. The first kappa shape index (κ1) is 32.1. The highest BCUT2D eigenvalue weighted by Crippen LogP contribution is 2.30. The van der Waals surface area contributed by atoms with Gasteiger partial charge in [-0.25, -0.2) is 12.8 Å². The molecule has 41 heavy (non-hydrogen) atoms. The number of carbonyl (C=O) groups is 2. The van der Waals surface area contributed by atoms with E-state index >= 15 is 0 Å². The van der Waals surface area contributed by atoms with Crippen molar-refractivity contribution in [1.82, 2.24) is 10.2 Å². The van der Waals surface area contributed by atoms with E-state index in [1.165, 1.54) is 47.4 Å². The van der Waals surface area contributed by atoms with Crippen LogP contribution in [-0.4, -0.2) is 44.3 Å². The van der Waals surface area contributed by atoms with Crippen LogP contribution in [-0.2, 0) is 26.2 Å². The topological polar surface area (TPSA) is 86.8 Å². The summed E-state index contributed by atoms with van der Waals surface area (Å²) in [7, 11) is -4.21. The monoisotopic (exact) mass is 601 g/mol. The summed E-state index contributed by atoms with van der Waals surface area (Å²) in [6.07, 6.45) is 0.289. The molecule has 3 rings (SSSR count). The third-order valence-electron chi connectivity index (χ3n) is 6.66. The van der Waals surface area contributed by atoms with Crippen molar-refractivity contribution in [2.24, 2.45) is 5.92 Å². The molecule has 7 nitrogen and oxygen atoms in total. The molecular formula is C31H37ClFN3O4S. The second kappa shape index (κ2) is 14.0. The number of rotatable bonds is 12. The molecule has 0 radical (unpaired) electrons. The summed E-state index contributed by atoms with van der Waals surface area (Å²) in [5.41, 5.74) is 2.34. The first-order valence-corrected chi connectivity index (χ1v) is 15.3. The van der Waals surface area contributed by atoms with Gasteiger partial charge in [0.1, 0.15) is 18.4 Å². The average Bonchev–Trinajstić information content (AvgIpc) is 2.93. The minimum Gasteiger partial charge on any atom is -0.354 e. The quantitative estimate of drug-likeness (QED) is 0.281. The fraction of sp³-hybridized carbons (Fsp3) is 0.355. The molecule has 0 fully saturated rings. The lowest BCUT2D eigenvalue weighted by Crippen LogP contribution is -2.52. The molecule has 3 aromatic rings. The Bertz CT molecular complexity index is 1460. The second-order valence-corrected chi connectivity index (χ2v) is 12.8. The van der Waals surface area contributed by atoms with Gasteiger partial charge in [-0.3, -0.25) is 13.9 Å². The largest absolute Gasteiger partial charge is 0.354 e. The molecule has 0 aliphatic rings. The van der Waals surface area contributed by atoms with E-state index in [0.717, 1.165) is 9.87 Å². The number of nitrogens with zero attached hydrogens (tertiary/aromatic N) is 2. The number of nitrogens with one attached hydrogen (secondary N) is 1. The van der Waals surface area contributed by atoms with Crippen molar-refractivity contribution in [2.45, 2.75) is 58.5 Å². The molecule has 2 amide bonds. The van der Waals surface area contributed by atoms with Gasteiger partial charge in [-0.05, 0) is 73.7 Å². The van der Waals surface area contributed by atoms with E-state index in [-0.39, 0.29) is 35.4 Å². The van der Waals surface area contributed by atoms with Crippen LogP contribution < -0.4 is 9.62 Å². The summed E-state index contributed by atoms with van der Waals surface area (Å²) >= 11 is 6.27. The number of hydrogen-bond acceptors (Lipinski definition) is 4. The Hall–Kier alpha value is -3.43. The van der Waals surface area contributed by atoms with E-state index in [1.54, 1.807) is 38.1 Å². The minimum atomic E-state index is -4.21. The summed E-state index contributed by atoms with van der Waals surface area (Å²) in [5.74, 6) is -1.17. The van der Waals surface area contributed by atoms with Crippen molar-refractivity contribution >= 4 is 39.1 Å². The average molecular weight is 602 g/mol. The predicted octanol–water partition coefficient (Wildman–Crippen LogP) is 5.87. The van der Waals surface area contributed by atoms with Crippen LogP contribution in [0.5, 0.6) is 0 Å². The Morgan fingerprint density at radius 3 is 2.20 bits per heavy atom. The van der Waals surface area contributed by atoms with Crippen molar-refractivity contribution < 1.29 is 22.4 Å². The summed E-state index contributed by atoms with van der Waals surface area (Å²) in [6.45, 7) is 9.12. The maximum Gasteiger partial charge on any atom is 0.264 e. The van der Waals surface area contributed by atoms with Gasteiger partial charge in [-0.15, -0.1) is 0 Å². The normalized spacial score (nSPS) is 12.2. The molecule has 0 saturated heterocycles. The fourth-order valence-corrected chi connectivity index (χ4v) is 5.97. The van der Waals surface area contributed by atoms with Crippen LogP contribution in [0, 0.1) is 25.6 Å². The number of carbonyl (C=O) groups excluding carboxylic acids is 2. The van der Waals surface area contributed by atoms with Gasteiger partial charge in [0.15, 0.2) is 0 Å². The molecule has 1 N–H and O–H groups in total. The molecule has 220 valence electrons. The van der Waals surface area contributed by atoms with Crippen LogP contribution in [0.3, 0.4) is 0 Å². The second-order valence-electron chi connectivity index (χ2n) is 10.5. The van der Waals surface area contributed by atoms with Crippen LogP contribution in [0.2, 0.25) is 5.02 Å². The first-order chi connectivity index (χ1) is 19.3. The summed E-state index contributed by atoms with van der Waals surface area (Å²) < 4.78 is 42.7. The number of anilines is 1. The molecule has 0 aliphatic heterocycles. The number of aryl methyl sites for hydroxylation is 2. The lowest BCUT2D eigenvalue weighted by Gasteiger charge is -2.33. The maximum atomic E-state index is 14.1. The Kier molecular flexibility index (Phi) is 10.9. The number of sulfonamides is 1. The lowest BCUT2D eigenvalue weighted by atomic mass is 10.1. The van der Waals surface area contributed by atoms with Gasteiger partial charge in [0.2, 0.25) is 11.8 Å². The van der Waals surface area contributed by atoms with E-state index in [2.05, 4.69) is 5.32 Å². The number of halogens is 2. The minimum absolute atomic E-state index is 0.0142. The molecular weight excluding hydrogens is 565 g/mol. The third kappa shape index (κ3) is 8.30. The molecule has 0 aliphatic carbocycles. The van der Waals surface area contributed by atoms with E-state index in [0.29, 0.717) is 22.7 Å². The number of hydrogen-bond donors (Lipinski definition) is 1. The van der Waals surface area contributed by atoms with Gasteiger partial charge in [0, 0.05) is 18.1 Å². The Morgan fingerprint density at radius 2 is 1.61 bits per heavy atom. The van der Waals surface area contributed by atoms with Gasteiger partial charge >= 0.3 is 0 Å². The smallest absolute Gasteiger partial charge is 0.264 e. The molecule has 0 aromatic heterocycles. The van der Waals surface area contributed by atoms with E-state index in [4.69, 9.17) is 11.6 Å². The van der Waals surface area contributed by atoms with Gasteiger partial charge in [0.25, 0.3) is 10.0 Å². The highest BCUT2D eigenvalue weighted by molar-refractivity contribution is 7.92. The standard InChI is InChI=1S/C31H37ClFN3O4S/c1-6-28(31(38)34-18-21(2)3)35(19-24-10-13-26(33)14-11-24)30(37)20-36(29-17-25(32)12-9-23(29)5)41(39,40)27-15-7-22(4)8-16-27/h7-17,21,28H,6,18-20H2,1-5H3,(H,34,38). The van der Waals surface area contributed by atoms with E-state index in [9.17, 15) is 22.4 Å². The highest BCUT2D eigenvalue weighted by Gasteiger charge is 2.34. The SMILES string of the molecule is CCC(C(=O)NCC(C)C)N(Cc1ccc(F)cc1)C(=O)CN(c1cc(Cl)ccc1C)S(=O)(=O)c1ccc(C)cc1. The molecule has 0 spiro atoms. The van der Waals surface area contributed by atoms with Crippen LogP contribution >= 0.6 is 11.6 Å². The van der Waals surface area contributed by atoms with Crippen LogP contribution in [0.15, 0.2) is 71.6 Å². The van der Waals surface area contributed by atoms with Crippen LogP contribution in [0.1, 0.15) is 43.9 Å². The Morgan fingerprint density at radius 1 is 0.976 bits per heavy atom. The van der Waals surface area contributed by atoms with Crippen molar-refractivity contribution in [2.75, 3.05) is 17.4 Å². The Labute approximate surface area is 247 Å². The van der Waals surface area contributed by atoms with Crippen molar-refractivity contribution in [3.8, 4) is 0 Å². The molecule has 0 heterocycles. The summed E-state index contributed by atoms with van der Waals surface area (Å²) in [6, 6.07) is 15.9. The van der Waals surface area contributed by atoms with Gasteiger partial charge in [0.05, 0.1) is 10.6 Å². The summed E-state index contributed by atoms with van der Waals surface area (Å²) in [4.78, 5) is 28.7. The van der Waals surface area contributed by atoms with E-state index in [1.807, 2.05) is 20.8 Å². The van der Waals surface area contributed by atoms with Crippen molar-refractivity contribution in [3.05, 3.63) is 94.3 Å². The number of amides is 2. The zero-order chi connectivity index (χ0) is 30.3. The summed E-state index contributed by atoms with van der Waals surface area (Å²) in [5, 5.41) is 3.19. The van der Waals surface area contributed by atoms with Crippen molar-refractivity contribution in [1.29, 1.82) is 0 Å². The molecule has 1 atom stereocenters. The van der Waals surface area contributed by atoms with Crippen molar-refractivity contribution in [3.63, 3.8) is 0 Å². The third-order valence-corrected chi connectivity index (χ3v) is 8.67. The van der Waals surface area contributed by atoms with Crippen LogP contribution in [0.4, 0.5) is 10.1 Å². The zero-order valence-electron chi connectivity index (χ0n) is 24.0. The first-order valence-electron chi connectivity index (χ1n) is 13.5. The molecule has 0 bridgehead atoms. The maximum absolute atomic E-state index is 14.1. The van der Waals surface area contributed by atoms with E-state index < -0.39 is 34.3 Å². The van der Waals surface area contributed by atoms with Gasteiger partial charge in [-0.1, -0.05) is 68.3 Å². The zero-order valence-corrected chi connectivity index (χ0v) is 25.6. The number of benzene rings is 3. The predicted molar refractivity (Wildman–Crippen MR) is 161 cm³/mol. The molecule has 0 saturated carbocycles. The lowest BCUT2D eigenvalue weighted by molar-refractivity contribution is -0.140.